The van der Waals surface area contributed by atoms with E-state index in [2.05, 4.69) is 25.9 Å². The lowest BCUT2D eigenvalue weighted by Crippen LogP contribution is -2.74. The van der Waals surface area contributed by atoms with Crippen molar-refractivity contribution >= 4 is 64.1 Å². The van der Waals surface area contributed by atoms with Crippen molar-refractivity contribution in [1.82, 2.24) is 20.6 Å². The number of fused-ring (bicyclic) bond motifs is 1. The van der Waals surface area contributed by atoms with E-state index in [0.29, 0.717) is 22.8 Å². The van der Waals surface area contributed by atoms with Gasteiger partial charge in [0.1, 0.15) is 23.2 Å². The van der Waals surface area contributed by atoms with Crippen molar-refractivity contribution in [3.8, 4) is 0 Å². The van der Waals surface area contributed by atoms with Gasteiger partial charge in [-0.15, -0.1) is 23.1 Å². The summed E-state index contributed by atoms with van der Waals surface area (Å²) in [5, 5.41) is 21.1. The van der Waals surface area contributed by atoms with Crippen LogP contribution in [0.3, 0.4) is 0 Å². The minimum absolute atomic E-state index is 0.0591. The number of thioether (sulfide) groups is 1. The number of hydrogen-bond donors (Lipinski definition) is 5. The van der Waals surface area contributed by atoms with E-state index in [4.69, 9.17) is 11.6 Å². The zero-order valence-corrected chi connectivity index (χ0v) is 18.2. The molecule has 31 heavy (non-hydrogen) atoms. The second kappa shape index (κ2) is 9.34. The number of nitrogens with one attached hydrogen (secondary N) is 2. The maximum absolute atomic E-state index is 12.8. The fourth-order valence-corrected chi connectivity index (χ4v) is 5.29. The molecule has 3 rings (SSSR count). The molecule has 0 radical (unpaired) electrons. The molecule has 0 spiro atoms. The molecular weight excluding hydrogens is 444 g/mol. The molecule has 2 amide bonds. The summed E-state index contributed by atoms with van der Waals surface area (Å²) in [5.41, 5.74) is 7.50. The average molecular weight is 467 g/mol. The van der Waals surface area contributed by atoms with Crippen molar-refractivity contribution in [1.29, 1.82) is 0 Å². The van der Waals surface area contributed by atoms with Crippen molar-refractivity contribution < 1.29 is 19.5 Å². The van der Waals surface area contributed by atoms with E-state index >= 15 is 0 Å². The zero-order chi connectivity index (χ0) is 22.6. The molecule has 0 aliphatic carbocycles. The second-order valence-corrected chi connectivity index (χ2v) is 8.84. The highest BCUT2D eigenvalue weighted by molar-refractivity contribution is 8.00. The number of carbonyl (C=O) groups is 3. The van der Waals surface area contributed by atoms with Crippen LogP contribution in [0.15, 0.2) is 21.7 Å². The number of aliphatic carboxylic acids is 1. The van der Waals surface area contributed by atoms with Crippen LogP contribution in [0, 0.1) is 5.41 Å². The minimum atomic E-state index is -1.37. The molecule has 0 saturated carbocycles. The molecule has 0 aromatic carbocycles. The molecule has 14 heteroatoms. The van der Waals surface area contributed by atoms with Crippen molar-refractivity contribution in [3.05, 3.63) is 17.2 Å². The van der Waals surface area contributed by atoms with E-state index in [1.807, 2.05) is 6.92 Å². The van der Waals surface area contributed by atoms with Gasteiger partial charge in [0.25, 0.3) is 5.91 Å². The first-order valence-electron chi connectivity index (χ1n) is 9.22. The van der Waals surface area contributed by atoms with E-state index in [1.165, 1.54) is 34.2 Å². The van der Waals surface area contributed by atoms with Gasteiger partial charge in [-0.3, -0.25) is 19.8 Å². The Labute approximate surface area is 185 Å². The van der Waals surface area contributed by atoms with Gasteiger partial charge in [-0.2, -0.15) is 10.2 Å². The van der Waals surface area contributed by atoms with Crippen molar-refractivity contribution in [2.45, 2.75) is 24.8 Å². The number of allylic oxidation sites excluding steroid dienone is 1. The SMILES string of the molecule is CCC=C(C(=O)NC1C(=O)N2CC(C=NNC=NN)(C(=O)O)CS[C@H]12)c1csc(N)n1. The molecule has 166 valence electrons. The van der Waals surface area contributed by atoms with E-state index < -0.39 is 23.3 Å². The molecule has 2 aliphatic rings. The number of anilines is 1. The molecule has 12 nitrogen and oxygen atoms in total. The van der Waals surface area contributed by atoms with Gasteiger partial charge in [0.05, 0.1) is 11.3 Å². The third-order valence-corrected chi connectivity index (χ3v) is 7.01. The molecule has 2 saturated heterocycles. The fraction of sp³-hybridized carbons (Fsp3) is 0.412. The molecule has 3 heterocycles. The smallest absolute Gasteiger partial charge is 0.317 e. The topological polar surface area (TPSA) is 188 Å². The predicted molar refractivity (Wildman–Crippen MR) is 119 cm³/mol. The number of carboxylic acid groups (broad SMARTS) is 1. The summed E-state index contributed by atoms with van der Waals surface area (Å²) in [6.45, 7) is 1.83. The highest BCUT2D eigenvalue weighted by Crippen LogP contribution is 2.41. The number of nitrogens with zero attached hydrogens (tertiary/aromatic N) is 4. The number of thiazole rings is 1. The van der Waals surface area contributed by atoms with E-state index in [-0.39, 0.29) is 23.6 Å². The average Bonchev–Trinajstić information content (AvgIpc) is 3.18. The van der Waals surface area contributed by atoms with Crippen LogP contribution in [0.5, 0.6) is 0 Å². The van der Waals surface area contributed by atoms with Crippen molar-refractivity contribution in [2.75, 3.05) is 18.0 Å². The maximum atomic E-state index is 12.8. The van der Waals surface area contributed by atoms with Gasteiger partial charge in [0, 0.05) is 23.9 Å². The quantitative estimate of drug-likeness (QED) is 0.0837. The summed E-state index contributed by atoms with van der Waals surface area (Å²) in [4.78, 5) is 43.0. The fourth-order valence-electron chi connectivity index (χ4n) is 3.23. The van der Waals surface area contributed by atoms with Crippen LogP contribution >= 0.6 is 23.1 Å². The van der Waals surface area contributed by atoms with Gasteiger partial charge in [0.15, 0.2) is 5.13 Å². The molecule has 2 unspecified atom stereocenters. The molecule has 0 bridgehead atoms. The zero-order valence-electron chi connectivity index (χ0n) is 16.5. The predicted octanol–water partition coefficient (Wildman–Crippen LogP) is -0.533. The monoisotopic (exact) mass is 466 g/mol. The van der Waals surface area contributed by atoms with Gasteiger partial charge in [-0.05, 0) is 6.42 Å². The van der Waals surface area contributed by atoms with Crippen LogP contribution in [0.1, 0.15) is 19.0 Å². The highest BCUT2D eigenvalue weighted by Gasteiger charge is 2.57. The molecule has 1 aromatic heterocycles. The standard InChI is InChI=1S/C17H22N8O4S2/c1-2-3-9(10-4-30-16(18)23-10)12(26)24-11-13(27)25-6-17(15(28)29,7-31-14(11)25)5-21-22-8-20-19/h3-5,8,11,14H,2,6-7,19H2,1H3,(H2,18,23)(H,20,22)(H,24,26)(H,28,29)/t11?,14-,17?/m1/s1. The second-order valence-electron chi connectivity index (χ2n) is 6.84. The number of amides is 2. The number of β-lactam (4-membered cyclic amide) rings is 1. The lowest BCUT2D eigenvalue weighted by molar-refractivity contribution is -0.154. The summed E-state index contributed by atoms with van der Waals surface area (Å²) in [6.07, 6.45) is 4.66. The lowest BCUT2D eigenvalue weighted by Gasteiger charge is -2.53. The first-order valence-corrected chi connectivity index (χ1v) is 11.1. The van der Waals surface area contributed by atoms with Gasteiger partial charge in [0.2, 0.25) is 5.91 Å². The Kier molecular flexibility index (Phi) is 6.80. The lowest BCUT2D eigenvalue weighted by atomic mass is 9.88. The van der Waals surface area contributed by atoms with Crippen molar-refractivity contribution in [3.63, 3.8) is 0 Å². The van der Waals surface area contributed by atoms with Crippen LogP contribution in [0.2, 0.25) is 0 Å². The molecule has 2 fully saturated rings. The normalized spacial score (nSPS) is 26.0. The molecule has 2 aliphatic heterocycles. The number of carboxylic acids is 1. The van der Waals surface area contributed by atoms with E-state index in [1.54, 1.807) is 11.5 Å². The Morgan fingerprint density at radius 2 is 2.29 bits per heavy atom. The summed E-state index contributed by atoms with van der Waals surface area (Å²) in [7, 11) is 0. The van der Waals surface area contributed by atoms with Crippen LogP contribution < -0.4 is 22.3 Å². The number of nitrogens with two attached hydrogens (primary N) is 2. The van der Waals surface area contributed by atoms with Gasteiger partial charge in [-0.1, -0.05) is 13.0 Å². The number of hydrazone groups is 2. The van der Waals surface area contributed by atoms with Gasteiger partial charge >= 0.3 is 5.97 Å². The molecule has 7 N–H and O–H groups in total. The highest BCUT2D eigenvalue weighted by atomic mass is 32.2. The number of aromatic nitrogens is 1. The largest absolute Gasteiger partial charge is 0.480 e. The number of rotatable bonds is 8. The third-order valence-electron chi connectivity index (χ3n) is 4.79. The number of hydrogen-bond acceptors (Lipinski definition) is 10. The first-order chi connectivity index (χ1) is 14.8. The molecular formula is C17H22N8O4S2. The summed E-state index contributed by atoms with van der Waals surface area (Å²) in [5.74, 6) is 3.24. The van der Waals surface area contributed by atoms with Crippen molar-refractivity contribution in [2.24, 2.45) is 21.5 Å². The van der Waals surface area contributed by atoms with Crippen LogP contribution in [0.4, 0.5) is 5.13 Å². The van der Waals surface area contributed by atoms with Gasteiger partial charge in [-0.25, -0.2) is 4.98 Å². The molecule has 1 aromatic rings. The Morgan fingerprint density at radius 1 is 1.52 bits per heavy atom. The van der Waals surface area contributed by atoms with E-state index in [9.17, 15) is 19.5 Å². The number of carbonyl (C=O) groups excluding carboxylic acids is 2. The Balaban J connectivity index is 1.69. The maximum Gasteiger partial charge on any atom is 0.317 e. The van der Waals surface area contributed by atoms with Crippen LogP contribution in [0.25, 0.3) is 5.57 Å². The molecule has 3 atom stereocenters. The summed E-state index contributed by atoms with van der Waals surface area (Å²) in [6, 6.07) is -0.750. The summed E-state index contributed by atoms with van der Waals surface area (Å²) < 4.78 is 0. The van der Waals surface area contributed by atoms with Crippen LogP contribution in [-0.4, -0.2) is 69.0 Å². The number of nitrogen functional groups attached to an aromatic ring is 1. The summed E-state index contributed by atoms with van der Waals surface area (Å²) >= 11 is 2.49. The van der Waals surface area contributed by atoms with Gasteiger partial charge < -0.3 is 26.9 Å². The third kappa shape index (κ3) is 4.49. The van der Waals surface area contributed by atoms with E-state index in [0.717, 1.165) is 6.34 Å². The Hall–Kier alpha value is -3.13. The van der Waals surface area contributed by atoms with Crippen LogP contribution in [-0.2, 0) is 14.4 Å². The Bertz CT molecular complexity index is 962. The minimum Gasteiger partial charge on any atom is -0.480 e. The Morgan fingerprint density at radius 3 is 2.90 bits per heavy atom. The first kappa shape index (κ1) is 22.6.